The van der Waals surface area contributed by atoms with Crippen molar-refractivity contribution in [1.29, 1.82) is 0 Å². The third kappa shape index (κ3) is 4.29. The maximum atomic E-state index is 12.2. The van der Waals surface area contributed by atoms with Gasteiger partial charge in [-0.25, -0.2) is 4.79 Å². The maximum Gasteiger partial charge on any atom is 0.337 e. The molecule has 31 heavy (non-hydrogen) atoms. The number of ether oxygens (including phenoxy) is 5. The Morgan fingerprint density at radius 2 is 1.84 bits per heavy atom. The smallest absolute Gasteiger partial charge is 0.337 e. The Morgan fingerprint density at radius 1 is 1.16 bits per heavy atom. The van der Waals surface area contributed by atoms with Crippen LogP contribution in [-0.4, -0.2) is 99.9 Å². The fraction of sp³-hybridized carbons (Fsp3) is 0.789. The summed E-state index contributed by atoms with van der Waals surface area (Å²) in [4.78, 5) is 23.9. The minimum absolute atomic E-state index is 0.0181. The summed E-state index contributed by atoms with van der Waals surface area (Å²) < 4.78 is 26.8. The second kappa shape index (κ2) is 8.98. The molecule has 0 aromatic rings. The first-order chi connectivity index (χ1) is 14.5. The van der Waals surface area contributed by atoms with Gasteiger partial charge in [0, 0.05) is 19.3 Å². The Hall–Kier alpha value is -1.80. The number of carbonyl (C=O) groups is 2. The van der Waals surface area contributed by atoms with Crippen LogP contribution in [0.2, 0.25) is 0 Å². The molecule has 0 amide bonds. The van der Waals surface area contributed by atoms with Gasteiger partial charge in [-0.15, -0.1) is 0 Å². The van der Waals surface area contributed by atoms with E-state index in [0.717, 1.165) is 6.26 Å². The predicted molar refractivity (Wildman–Crippen MR) is 97.6 cm³/mol. The number of hydrogen-bond acceptors (Lipinski definition) is 12. The molecule has 0 bridgehead atoms. The van der Waals surface area contributed by atoms with Crippen LogP contribution in [0, 0.1) is 11.8 Å². The van der Waals surface area contributed by atoms with Gasteiger partial charge in [0.25, 0.3) is 0 Å². The summed E-state index contributed by atoms with van der Waals surface area (Å²) in [5, 5.41) is 50.3. The molecule has 0 spiro atoms. The third-order valence-electron chi connectivity index (χ3n) is 6.02. The second-order valence-electron chi connectivity index (χ2n) is 8.13. The van der Waals surface area contributed by atoms with Crippen LogP contribution in [0.1, 0.15) is 20.3 Å². The minimum Gasteiger partial charge on any atom is -0.471 e. The van der Waals surface area contributed by atoms with Crippen molar-refractivity contribution in [3.63, 3.8) is 0 Å². The molecule has 1 saturated heterocycles. The summed E-state index contributed by atoms with van der Waals surface area (Å²) in [6.07, 6.45) is -9.07. The zero-order chi connectivity index (χ0) is 23.1. The summed E-state index contributed by atoms with van der Waals surface area (Å²) in [5.74, 6) is -3.18. The van der Waals surface area contributed by atoms with Crippen molar-refractivity contribution in [1.82, 2.24) is 0 Å². The second-order valence-corrected chi connectivity index (χ2v) is 8.13. The lowest BCUT2D eigenvalue weighted by molar-refractivity contribution is -0.346. The average Bonchev–Trinajstić information content (AvgIpc) is 2.98. The lowest BCUT2D eigenvalue weighted by atomic mass is 9.80. The Morgan fingerprint density at radius 3 is 2.42 bits per heavy atom. The molecule has 2 aliphatic heterocycles. The largest absolute Gasteiger partial charge is 0.471 e. The van der Waals surface area contributed by atoms with E-state index in [1.165, 1.54) is 14.0 Å². The normalized spacial score (nSPS) is 44.6. The molecular weight excluding hydrogens is 420 g/mol. The number of methoxy groups -OCH3 is 1. The zero-order valence-electron chi connectivity index (χ0n) is 17.3. The topological polar surface area (TPSA) is 181 Å². The van der Waals surface area contributed by atoms with Gasteiger partial charge in [-0.3, -0.25) is 4.79 Å². The lowest BCUT2D eigenvalue weighted by Gasteiger charge is -2.44. The number of aliphatic hydroxyl groups is 5. The minimum atomic E-state index is -1.70. The van der Waals surface area contributed by atoms with E-state index in [4.69, 9.17) is 23.7 Å². The first kappa shape index (κ1) is 23.9. The molecular formula is C19H28O12. The van der Waals surface area contributed by atoms with Crippen molar-refractivity contribution in [2.24, 2.45) is 11.8 Å². The molecule has 5 N–H and O–H groups in total. The quantitative estimate of drug-likeness (QED) is 0.280. The van der Waals surface area contributed by atoms with E-state index in [1.54, 1.807) is 6.92 Å². The highest BCUT2D eigenvalue weighted by molar-refractivity contribution is 5.89. The van der Waals surface area contributed by atoms with Gasteiger partial charge in [0.15, 0.2) is 6.29 Å². The molecule has 12 heteroatoms. The monoisotopic (exact) mass is 448 g/mol. The number of carbonyl (C=O) groups excluding carboxylic acids is 2. The van der Waals surface area contributed by atoms with Crippen LogP contribution >= 0.6 is 0 Å². The van der Waals surface area contributed by atoms with Crippen molar-refractivity contribution >= 4 is 11.9 Å². The molecule has 12 nitrogen and oxygen atoms in total. The molecule has 0 aromatic carbocycles. The molecule has 3 rings (SSSR count). The molecule has 1 aliphatic carbocycles. The Bertz CT molecular complexity index is 723. The van der Waals surface area contributed by atoms with Gasteiger partial charge in [-0.1, -0.05) is 0 Å². The highest BCUT2D eigenvalue weighted by atomic mass is 16.8. The van der Waals surface area contributed by atoms with Gasteiger partial charge < -0.3 is 49.2 Å². The molecule has 0 radical (unpaired) electrons. The van der Waals surface area contributed by atoms with Gasteiger partial charge in [-0.2, -0.15) is 0 Å². The third-order valence-corrected chi connectivity index (χ3v) is 6.02. The fourth-order valence-electron chi connectivity index (χ4n) is 4.63. The predicted octanol–water partition coefficient (Wildman–Crippen LogP) is -2.47. The van der Waals surface area contributed by atoms with E-state index in [2.05, 4.69) is 0 Å². The first-order valence-electron chi connectivity index (χ1n) is 9.81. The Labute approximate surface area is 177 Å². The molecule has 9 unspecified atom stereocenters. The number of fused-ring (bicyclic) bond motifs is 1. The van der Waals surface area contributed by atoms with E-state index in [-0.39, 0.29) is 12.0 Å². The van der Waals surface area contributed by atoms with Crippen molar-refractivity contribution in [2.45, 2.75) is 69.0 Å². The van der Waals surface area contributed by atoms with Gasteiger partial charge in [0.1, 0.15) is 30.0 Å². The average molecular weight is 448 g/mol. The molecule has 0 aromatic heterocycles. The summed E-state index contributed by atoms with van der Waals surface area (Å²) in [6.45, 7) is 2.09. The molecule has 10 atom stereocenters. The maximum absolute atomic E-state index is 12.2. The van der Waals surface area contributed by atoms with Crippen molar-refractivity contribution in [3.8, 4) is 0 Å². The van der Waals surface area contributed by atoms with Crippen LogP contribution in [0.5, 0.6) is 0 Å². The molecule has 2 heterocycles. The van der Waals surface area contributed by atoms with E-state index >= 15 is 0 Å². The van der Waals surface area contributed by atoms with Crippen molar-refractivity contribution in [2.75, 3.05) is 13.7 Å². The standard InChI is InChI=1S/C19H28O12/c1-7(21)31-19(2)4-9(22)11-8(16(26)27-3)6-28-17(12(11)19)30-18-15(25)14(24)13(23)10(5-20)29-18/h6,9-15,17-18,20,22-25H,4-5H2,1-3H3/t9?,10?,11?,12?,13?,14?,15?,17?,18?,19-/m0/s1. The highest BCUT2D eigenvalue weighted by Crippen LogP contribution is 2.51. The van der Waals surface area contributed by atoms with E-state index in [9.17, 15) is 35.1 Å². The van der Waals surface area contributed by atoms with Gasteiger partial charge >= 0.3 is 11.9 Å². The Balaban J connectivity index is 1.93. The number of rotatable bonds is 5. The number of hydrogen-bond donors (Lipinski definition) is 5. The zero-order valence-corrected chi connectivity index (χ0v) is 17.3. The number of aliphatic hydroxyl groups excluding tert-OH is 5. The van der Waals surface area contributed by atoms with Gasteiger partial charge in [0.2, 0.25) is 6.29 Å². The number of esters is 2. The van der Waals surface area contributed by atoms with Gasteiger partial charge in [-0.05, 0) is 6.92 Å². The lowest BCUT2D eigenvalue weighted by Crippen LogP contribution is -2.61. The van der Waals surface area contributed by atoms with E-state index < -0.39 is 79.1 Å². The van der Waals surface area contributed by atoms with Crippen LogP contribution in [-0.2, 0) is 33.3 Å². The van der Waals surface area contributed by atoms with Gasteiger partial charge in [0.05, 0.1) is 37.6 Å². The van der Waals surface area contributed by atoms with Crippen LogP contribution in [0.3, 0.4) is 0 Å². The fourth-order valence-corrected chi connectivity index (χ4v) is 4.63. The SMILES string of the molecule is COC(=O)C1=COC(OC2OC(CO)C(O)C(O)C2O)C2C1C(O)C[C@]2(C)OC(C)=O. The summed E-state index contributed by atoms with van der Waals surface area (Å²) in [7, 11) is 1.17. The van der Waals surface area contributed by atoms with E-state index in [1.807, 2.05) is 0 Å². The molecule has 2 fully saturated rings. The summed E-state index contributed by atoms with van der Waals surface area (Å²) in [5.41, 5.74) is -1.30. The first-order valence-corrected chi connectivity index (χ1v) is 9.81. The van der Waals surface area contributed by atoms with Crippen molar-refractivity contribution in [3.05, 3.63) is 11.8 Å². The van der Waals surface area contributed by atoms with Crippen LogP contribution in [0.15, 0.2) is 11.8 Å². The summed E-state index contributed by atoms with van der Waals surface area (Å²) >= 11 is 0. The molecule has 3 aliphatic rings. The Kier molecular flexibility index (Phi) is 6.91. The highest BCUT2D eigenvalue weighted by Gasteiger charge is 2.61. The van der Waals surface area contributed by atoms with Crippen LogP contribution in [0.4, 0.5) is 0 Å². The van der Waals surface area contributed by atoms with E-state index in [0.29, 0.717) is 0 Å². The molecule has 176 valence electrons. The van der Waals surface area contributed by atoms with Crippen LogP contribution in [0.25, 0.3) is 0 Å². The molecule has 1 saturated carbocycles. The van der Waals surface area contributed by atoms with Crippen molar-refractivity contribution < 1.29 is 58.8 Å². The summed E-state index contributed by atoms with van der Waals surface area (Å²) in [6, 6.07) is 0. The van der Waals surface area contributed by atoms with Crippen LogP contribution < -0.4 is 0 Å².